The van der Waals surface area contributed by atoms with Gasteiger partial charge in [0.15, 0.2) is 0 Å². The van der Waals surface area contributed by atoms with Crippen LogP contribution in [0.5, 0.6) is 0 Å². The number of carbonyl (C=O) groups excluding carboxylic acids is 1. The van der Waals surface area contributed by atoms with E-state index in [1.54, 1.807) is 7.05 Å². The summed E-state index contributed by atoms with van der Waals surface area (Å²) in [6.07, 6.45) is 1.49. The molecule has 2 N–H and O–H groups in total. The van der Waals surface area contributed by atoms with Crippen molar-refractivity contribution in [2.75, 3.05) is 33.3 Å². The van der Waals surface area contributed by atoms with Crippen LogP contribution >= 0.6 is 0 Å². The molecular weight excluding hydrogens is 208 g/mol. The lowest BCUT2D eigenvalue weighted by atomic mass is 10.2. The van der Waals surface area contributed by atoms with E-state index >= 15 is 0 Å². The molecule has 1 aliphatic rings. The first-order valence-corrected chi connectivity index (χ1v) is 5.85. The van der Waals surface area contributed by atoms with Gasteiger partial charge in [-0.05, 0) is 19.9 Å². The minimum atomic E-state index is -0.0799. The maximum Gasteiger partial charge on any atom is 0.219 e. The zero-order valence-electron chi connectivity index (χ0n) is 10.1. The standard InChI is InChI=1S/C11H22N2O3/c1-9-6-13(7-10(8-14)16-9)5-3-4-11(15)12-2/h9-10,14H,3-8H2,1-2H3,(H,12,15). The molecule has 0 aliphatic carbocycles. The molecule has 0 aromatic carbocycles. The van der Waals surface area contributed by atoms with Crippen LogP contribution in [0.1, 0.15) is 19.8 Å². The second-order valence-electron chi connectivity index (χ2n) is 4.29. The fraction of sp³-hybridized carbons (Fsp3) is 0.909. The van der Waals surface area contributed by atoms with Gasteiger partial charge in [0, 0.05) is 26.6 Å². The van der Waals surface area contributed by atoms with Crippen molar-refractivity contribution in [2.24, 2.45) is 0 Å². The van der Waals surface area contributed by atoms with E-state index < -0.39 is 0 Å². The van der Waals surface area contributed by atoms with Crippen molar-refractivity contribution in [3.8, 4) is 0 Å². The number of carbonyl (C=O) groups is 1. The molecule has 2 unspecified atom stereocenters. The Labute approximate surface area is 96.8 Å². The second-order valence-corrected chi connectivity index (χ2v) is 4.29. The predicted molar refractivity (Wildman–Crippen MR) is 61.2 cm³/mol. The SMILES string of the molecule is CNC(=O)CCCN1CC(C)OC(CO)C1. The van der Waals surface area contributed by atoms with Crippen LogP contribution in [0.3, 0.4) is 0 Å². The van der Waals surface area contributed by atoms with Crippen molar-refractivity contribution in [3.05, 3.63) is 0 Å². The molecule has 94 valence electrons. The normalized spacial score (nSPS) is 26.7. The van der Waals surface area contributed by atoms with Crippen LogP contribution in [-0.4, -0.2) is 61.4 Å². The van der Waals surface area contributed by atoms with E-state index in [1.165, 1.54) is 0 Å². The van der Waals surface area contributed by atoms with E-state index in [1.807, 2.05) is 6.92 Å². The number of nitrogens with zero attached hydrogens (tertiary/aromatic N) is 1. The van der Waals surface area contributed by atoms with Gasteiger partial charge in [0.1, 0.15) is 0 Å². The van der Waals surface area contributed by atoms with E-state index in [4.69, 9.17) is 9.84 Å². The van der Waals surface area contributed by atoms with Crippen molar-refractivity contribution in [3.63, 3.8) is 0 Å². The molecule has 1 aliphatic heterocycles. The fourth-order valence-corrected chi connectivity index (χ4v) is 2.01. The number of hydrogen-bond acceptors (Lipinski definition) is 4. The lowest BCUT2D eigenvalue weighted by Crippen LogP contribution is -2.48. The molecule has 2 atom stereocenters. The number of rotatable bonds is 5. The molecule has 1 fully saturated rings. The number of ether oxygens (including phenoxy) is 1. The average molecular weight is 230 g/mol. The highest BCUT2D eigenvalue weighted by atomic mass is 16.5. The van der Waals surface area contributed by atoms with Crippen LogP contribution in [0.2, 0.25) is 0 Å². The maximum absolute atomic E-state index is 11.0. The highest BCUT2D eigenvalue weighted by molar-refractivity contribution is 5.75. The second kappa shape index (κ2) is 6.83. The Kier molecular flexibility index (Phi) is 5.73. The van der Waals surface area contributed by atoms with Crippen molar-refractivity contribution in [2.45, 2.75) is 32.0 Å². The summed E-state index contributed by atoms with van der Waals surface area (Å²) in [6, 6.07) is 0. The van der Waals surface area contributed by atoms with Gasteiger partial charge < -0.3 is 15.2 Å². The summed E-state index contributed by atoms with van der Waals surface area (Å²) in [5.74, 6) is 0.0833. The third-order valence-corrected chi connectivity index (χ3v) is 2.76. The highest BCUT2D eigenvalue weighted by Gasteiger charge is 2.24. The molecule has 0 radical (unpaired) electrons. The zero-order valence-corrected chi connectivity index (χ0v) is 10.1. The molecule has 1 amide bonds. The minimum Gasteiger partial charge on any atom is -0.394 e. The summed E-state index contributed by atoms with van der Waals surface area (Å²) in [5.41, 5.74) is 0. The fourth-order valence-electron chi connectivity index (χ4n) is 2.01. The van der Waals surface area contributed by atoms with Crippen molar-refractivity contribution >= 4 is 5.91 Å². The van der Waals surface area contributed by atoms with E-state index in [2.05, 4.69) is 10.2 Å². The summed E-state index contributed by atoms with van der Waals surface area (Å²) in [6.45, 7) is 4.60. The van der Waals surface area contributed by atoms with Crippen LogP contribution < -0.4 is 5.32 Å². The topological polar surface area (TPSA) is 61.8 Å². The lowest BCUT2D eigenvalue weighted by molar-refractivity contribution is -0.121. The zero-order chi connectivity index (χ0) is 12.0. The predicted octanol–water partition coefficient (Wildman–Crippen LogP) is -0.406. The van der Waals surface area contributed by atoms with Crippen molar-refractivity contribution in [1.82, 2.24) is 10.2 Å². The van der Waals surface area contributed by atoms with Crippen molar-refractivity contribution < 1.29 is 14.6 Å². The summed E-state index contributed by atoms with van der Waals surface area (Å²) in [5, 5.41) is 11.7. The van der Waals surface area contributed by atoms with Crippen LogP contribution in [0.25, 0.3) is 0 Å². The van der Waals surface area contributed by atoms with E-state index in [0.29, 0.717) is 6.42 Å². The molecule has 16 heavy (non-hydrogen) atoms. The van der Waals surface area contributed by atoms with Crippen LogP contribution in [-0.2, 0) is 9.53 Å². The Morgan fingerprint density at radius 1 is 1.56 bits per heavy atom. The van der Waals surface area contributed by atoms with Gasteiger partial charge in [-0.1, -0.05) is 0 Å². The molecule has 5 heteroatoms. The number of aliphatic hydroxyl groups excluding tert-OH is 1. The summed E-state index contributed by atoms with van der Waals surface area (Å²) in [4.78, 5) is 13.3. The molecule has 0 spiro atoms. The minimum absolute atomic E-state index is 0.0658. The monoisotopic (exact) mass is 230 g/mol. The highest BCUT2D eigenvalue weighted by Crippen LogP contribution is 2.11. The van der Waals surface area contributed by atoms with E-state index in [-0.39, 0.29) is 24.7 Å². The summed E-state index contributed by atoms with van der Waals surface area (Å²) < 4.78 is 5.54. The van der Waals surface area contributed by atoms with Gasteiger partial charge in [-0.3, -0.25) is 9.69 Å². The number of hydrogen-bond donors (Lipinski definition) is 2. The Morgan fingerprint density at radius 2 is 2.31 bits per heavy atom. The quantitative estimate of drug-likeness (QED) is 0.674. The van der Waals surface area contributed by atoms with Crippen molar-refractivity contribution in [1.29, 1.82) is 0 Å². The third-order valence-electron chi connectivity index (χ3n) is 2.76. The van der Waals surface area contributed by atoms with Gasteiger partial charge in [-0.2, -0.15) is 0 Å². The first kappa shape index (κ1) is 13.4. The molecule has 1 saturated heterocycles. The average Bonchev–Trinajstić information content (AvgIpc) is 2.28. The van der Waals surface area contributed by atoms with Gasteiger partial charge in [0.25, 0.3) is 0 Å². The molecule has 0 aromatic rings. The molecule has 1 rings (SSSR count). The number of amides is 1. The molecule has 1 heterocycles. The van der Waals surface area contributed by atoms with Gasteiger partial charge >= 0.3 is 0 Å². The smallest absolute Gasteiger partial charge is 0.219 e. The molecular formula is C11H22N2O3. The lowest BCUT2D eigenvalue weighted by Gasteiger charge is -2.36. The summed E-state index contributed by atoms with van der Waals surface area (Å²) in [7, 11) is 1.65. The Morgan fingerprint density at radius 3 is 2.94 bits per heavy atom. The van der Waals surface area contributed by atoms with E-state index in [9.17, 15) is 4.79 Å². The summed E-state index contributed by atoms with van der Waals surface area (Å²) >= 11 is 0. The Hall–Kier alpha value is -0.650. The molecule has 5 nitrogen and oxygen atoms in total. The van der Waals surface area contributed by atoms with Crippen LogP contribution in [0, 0.1) is 0 Å². The molecule has 0 aromatic heterocycles. The van der Waals surface area contributed by atoms with Gasteiger partial charge in [0.05, 0.1) is 18.8 Å². The molecule has 0 saturated carbocycles. The molecule has 0 bridgehead atoms. The Bertz CT molecular complexity index is 223. The van der Waals surface area contributed by atoms with E-state index in [0.717, 1.165) is 26.1 Å². The van der Waals surface area contributed by atoms with Gasteiger partial charge in [0.2, 0.25) is 5.91 Å². The maximum atomic E-state index is 11.0. The van der Waals surface area contributed by atoms with Crippen LogP contribution in [0.4, 0.5) is 0 Å². The first-order chi connectivity index (χ1) is 7.65. The number of aliphatic hydroxyl groups is 1. The number of morpholine rings is 1. The Balaban J connectivity index is 2.23. The largest absolute Gasteiger partial charge is 0.394 e. The number of nitrogens with one attached hydrogen (secondary N) is 1. The first-order valence-electron chi connectivity index (χ1n) is 5.85. The van der Waals surface area contributed by atoms with Crippen LogP contribution in [0.15, 0.2) is 0 Å². The third kappa shape index (κ3) is 4.47. The van der Waals surface area contributed by atoms with Gasteiger partial charge in [-0.15, -0.1) is 0 Å². The van der Waals surface area contributed by atoms with Gasteiger partial charge in [-0.25, -0.2) is 0 Å².